The standard InChI is InChI=1S/C22H22N2O4S/c1-26-15-6-8-16(9-7-15)27-13-18-11-10-17(28-18)12-23-24-22(25)20-14-29-21-5-3-2-4-19(20)21/h6-12,14H,2-5,13H2,1H3,(H,24,25)/b23-12+. The van der Waals surface area contributed by atoms with Crippen molar-refractivity contribution in [2.24, 2.45) is 5.10 Å². The minimum absolute atomic E-state index is 0.171. The van der Waals surface area contributed by atoms with Gasteiger partial charge in [-0.2, -0.15) is 5.10 Å². The molecule has 1 N–H and O–H groups in total. The first-order valence-electron chi connectivity index (χ1n) is 9.51. The largest absolute Gasteiger partial charge is 0.497 e. The average molecular weight is 410 g/mol. The van der Waals surface area contributed by atoms with Crippen molar-refractivity contribution in [2.45, 2.75) is 32.3 Å². The molecule has 0 saturated heterocycles. The van der Waals surface area contributed by atoms with Crippen LogP contribution in [0.15, 0.2) is 51.3 Å². The first-order chi connectivity index (χ1) is 14.2. The lowest BCUT2D eigenvalue weighted by atomic mass is 9.96. The van der Waals surface area contributed by atoms with Crippen molar-refractivity contribution < 1.29 is 18.7 Å². The fourth-order valence-corrected chi connectivity index (χ4v) is 4.39. The number of carbonyl (C=O) groups is 1. The summed E-state index contributed by atoms with van der Waals surface area (Å²) in [6, 6.07) is 11.0. The van der Waals surface area contributed by atoms with Gasteiger partial charge in [0.1, 0.15) is 29.6 Å². The summed E-state index contributed by atoms with van der Waals surface area (Å²) >= 11 is 1.67. The molecule has 7 heteroatoms. The number of thiophene rings is 1. The molecule has 0 atom stereocenters. The zero-order chi connectivity index (χ0) is 20.1. The summed E-state index contributed by atoms with van der Waals surface area (Å²) in [5.41, 5.74) is 4.53. The van der Waals surface area contributed by atoms with Crippen LogP contribution >= 0.6 is 11.3 Å². The maximum Gasteiger partial charge on any atom is 0.272 e. The van der Waals surface area contributed by atoms with Crippen LogP contribution in [0.2, 0.25) is 0 Å². The van der Waals surface area contributed by atoms with E-state index in [1.807, 2.05) is 35.7 Å². The molecule has 0 aliphatic heterocycles. The molecular formula is C22H22N2O4S. The number of hydrazone groups is 1. The van der Waals surface area contributed by atoms with Crippen molar-refractivity contribution in [1.82, 2.24) is 5.43 Å². The Kier molecular flexibility index (Phi) is 5.95. The molecular weight excluding hydrogens is 388 g/mol. The Bertz CT molecular complexity index is 1000. The third-order valence-corrected chi connectivity index (χ3v) is 5.88. The first-order valence-corrected chi connectivity index (χ1v) is 10.4. The van der Waals surface area contributed by atoms with Gasteiger partial charge in [-0.3, -0.25) is 4.79 Å². The molecule has 1 aliphatic carbocycles. The lowest BCUT2D eigenvalue weighted by molar-refractivity contribution is 0.0954. The summed E-state index contributed by atoms with van der Waals surface area (Å²) in [7, 11) is 1.62. The second-order valence-corrected chi connectivity index (χ2v) is 7.69. The highest BCUT2D eigenvalue weighted by molar-refractivity contribution is 7.10. The number of nitrogens with one attached hydrogen (secondary N) is 1. The smallest absolute Gasteiger partial charge is 0.272 e. The number of rotatable bonds is 7. The maximum absolute atomic E-state index is 12.4. The SMILES string of the molecule is COc1ccc(OCc2ccc(/C=N/NC(=O)c3csc4c3CCCC4)o2)cc1. The van der Waals surface area contributed by atoms with Gasteiger partial charge in [0.25, 0.3) is 5.91 Å². The van der Waals surface area contributed by atoms with E-state index in [4.69, 9.17) is 13.9 Å². The van der Waals surface area contributed by atoms with E-state index in [2.05, 4.69) is 10.5 Å². The van der Waals surface area contributed by atoms with E-state index in [1.165, 1.54) is 23.1 Å². The van der Waals surface area contributed by atoms with Crippen molar-refractivity contribution >= 4 is 23.5 Å². The number of methoxy groups -OCH3 is 1. The molecule has 3 aromatic rings. The van der Waals surface area contributed by atoms with Gasteiger partial charge in [-0.15, -0.1) is 11.3 Å². The van der Waals surface area contributed by atoms with Crippen LogP contribution in [0.3, 0.4) is 0 Å². The highest BCUT2D eigenvalue weighted by Crippen LogP contribution is 2.30. The third kappa shape index (κ3) is 4.68. The van der Waals surface area contributed by atoms with E-state index in [-0.39, 0.29) is 5.91 Å². The summed E-state index contributed by atoms with van der Waals surface area (Å²) in [6.45, 7) is 0.299. The monoisotopic (exact) mass is 410 g/mol. The highest BCUT2D eigenvalue weighted by Gasteiger charge is 2.19. The van der Waals surface area contributed by atoms with Crippen molar-refractivity contribution in [1.29, 1.82) is 0 Å². The van der Waals surface area contributed by atoms with Gasteiger partial charge in [0.15, 0.2) is 0 Å². The van der Waals surface area contributed by atoms with E-state index < -0.39 is 0 Å². The quantitative estimate of drug-likeness (QED) is 0.457. The average Bonchev–Trinajstić information content (AvgIpc) is 3.39. The van der Waals surface area contributed by atoms with Crippen LogP contribution in [0.1, 0.15) is 45.2 Å². The Morgan fingerprint density at radius 3 is 2.79 bits per heavy atom. The number of fused-ring (bicyclic) bond motifs is 1. The number of ether oxygens (including phenoxy) is 2. The van der Waals surface area contributed by atoms with Crippen LogP contribution in [-0.2, 0) is 19.4 Å². The number of amides is 1. The van der Waals surface area contributed by atoms with Crippen LogP contribution in [0, 0.1) is 0 Å². The molecule has 4 rings (SSSR count). The van der Waals surface area contributed by atoms with Crippen LogP contribution in [0.4, 0.5) is 0 Å². The van der Waals surface area contributed by atoms with Gasteiger partial charge in [-0.1, -0.05) is 0 Å². The molecule has 0 radical (unpaired) electrons. The molecule has 2 heterocycles. The minimum Gasteiger partial charge on any atom is -0.497 e. The molecule has 150 valence electrons. The number of nitrogens with zero attached hydrogens (tertiary/aromatic N) is 1. The molecule has 6 nitrogen and oxygen atoms in total. The van der Waals surface area contributed by atoms with E-state index in [0.717, 1.165) is 36.3 Å². The van der Waals surface area contributed by atoms with Gasteiger partial charge in [0.2, 0.25) is 0 Å². The van der Waals surface area contributed by atoms with E-state index in [0.29, 0.717) is 18.1 Å². The van der Waals surface area contributed by atoms with E-state index in [1.54, 1.807) is 24.5 Å². The Labute approximate surface area is 173 Å². The molecule has 0 fully saturated rings. The molecule has 1 aromatic carbocycles. The topological polar surface area (TPSA) is 73.1 Å². The van der Waals surface area contributed by atoms with Gasteiger partial charge >= 0.3 is 0 Å². The molecule has 29 heavy (non-hydrogen) atoms. The zero-order valence-electron chi connectivity index (χ0n) is 16.1. The normalized spacial score (nSPS) is 13.3. The molecule has 0 unspecified atom stereocenters. The fourth-order valence-electron chi connectivity index (χ4n) is 3.27. The summed E-state index contributed by atoms with van der Waals surface area (Å²) in [5, 5.41) is 5.96. The molecule has 1 amide bonds. The highest BCUT2D eigenvalue weighted by atomic mass is 32.1. The Hall–Kier alpha value is -3.06. The number of aryl methyl sites for hydroxylation is 1. The summed E-state index contributed by atoms with van der Waals surface area (Å²) in [4.78, 5) is 13.7. The van der Waals surface area contributed by atoms with Crippen molar-refractivity contribution in [3.63, 3.8) is 0 Å². The van der Waals surface area contributed by atoms with Gasteiger partial charge in [0, 0.05) is 10.3 Å². The number of furan rings is 1. The van der Waals surface area contributed by atoms with Gasteiger partial charge in [-0.05, 0) is 67.6 Å². The Morgan fingerprint density at radius 1 is 1.17 bits per heavy atom. The molecule has 0 bridgehead atoms. The van der Waals surface area contributed by atoms with Crippen molar-refractivity contribution in [3.8, 4) is 11.5 Å². The van der Waals surface area contributed by atoms with Crippen molar-refractivity contribution in [2.75, 3.05) is 7.11 Å². The third-order valence-electron chi connectivity index (χ3n) is 4.79. The van der Waals surface area contributed by atoms with Gasteiger partial charge in [0.05, 0.1) is 18.9 Å². The lowest BCUT2D eigenvalue weighted by Gasteiger charge is -2.11. The van der Waals surface area contributed by atoms with Gasteiger partial charge < -0.3 is 13.9 Å². The van der Waals surface area contributed by atoms with E-state index in [9.17, 15) is 4.79 Å². The lowest BCUT2D eigenvalue weighted by Crippen LogP contribution is -2.19. The number of hydrogen-bond donors (Lipinski definition) is 1. The molecule has 2 aromatic heterocycles. The maximum atomic E-state index is 12.4. The summed E-state index contributed by atoms with van der Waals surface area (Å²) in [6.07, 6.45) is 5.88. The second kappa shape index (κ2) is 8.96. The zero-order valence-corrected chi connectivity index (χ0v) is 17.0. The summed E-state index contributed by atoms with van der Waals surface area (Å²) < 4.78 is 16.5. The number of benzene rings is 1. The Balaban J connectivity index is 1.30. The second-order valence-electron chi connectivity index (χ2n) is 6.73. The number of hydrogen-bond acceptors (Lipinski definition) is 6. The molecule has 1 aliphatic rings. The van der Waals surface area contributed by atoms with Crippen molar-refractivity contribution in [3.05, 3.63) is 69.3 Å². The van der Waals surface area contributed by atoms with Crippen LogP contribution in [0.25, 0.3) is 0 Å². The first kappa shape index (κ1) is 19.3. The van der Waals surface area contributed by atoms with Crippen LogP contribution < -0.4 is 14.9 Å². The number of carbonyl (C=O) groups excluding carboxylic acids is 1. The molecule has 0 saturated carbocycles. The fraction of sp³-hybridized carbons (Fsp3) is 0.273. The van der Waals surface area contributed by atoms with Gasteiger partial charge in [-0.25, -0.2) is 5.43 Å². The van der Waals surface area contributed by atoms with Crippen LogP contribution in [0.5, 0.6) is 11.5 Å². The molecule has 0 spiro atoms. The van der Waals surface area contributed by atoms with E-state index >= 15 is 0 Å². The van der Waals surface area contributed by atoms with Crippen LogP contribution in [-0.4, -0.2) is 19.2 Å². The minimum atomic E-state index is -0.171. The summed E-state index contributed by atoms with van der Waals surface area (Å²) in [5.74, 6) is 2.55. The predicted molar refractivity (Wildman–Crippen MR) is 112 cm³/mol. The predicted octanol–water partition coefficient (Wildman–Crippen LogP) is 4.57. The Morgan fingerprint density at radius 2 is 1.97 bits per heavy atom.